The summed E-state index contributed by atoms with van der Waals surface area (Å²) < 4.78 is 0. The van der Waals surface area contributed by atoms with Crippen LogP contribution in [0.1, 0.15) is 43.1 Å². The molecule has 0 aromatic heterocycles. The lowest BCUT2D eigenvalue weighted by atomic mass is 10.0. The van der Waals surface area contributed by atoms with Crippen LogP contribution in [0, 0.1) is 12.8 Å². The number of rotatable bonds is 8. The summed E-state index contributed by atoms with van der Waals surface area (Å²) in [5, 5.41) is 23.7. The van der Waals surface area contributed by atoms with Gasteiger partial charge in [0.1, 0.15) is 6.04 Å². The van der Waals surface area contributed by atoms with Crippen molar-refractivity contribution in [3.63, 3.8) is 0 Å². The minimum atomic E-state index is -2.07. The van der Waals surface area contributed by atoms with Gasteiger partial charge in [-0.05, 0) is 37.8 Å². The van der Waals surface area contributed by atoms with E-state index in [9.17, 15) is 19.5 Å². The SMILES string of the molecule is Cc1ccccc1C(=O)NC(CC(C)C)C(=O)NCC(C)(O)C(=O)O. The number of carboxylic acids is 1. The molecule has 1 aromatic carbocycles. The fourth-order valence-corrected chi connectivity index (χ4v) is 2.22. The first-order valence-corrected chi connectivity index (χ1v) is 8.14. The molecule has 0 aliphatic rings. The third-order valence-corrected chi connectivity index (χ3v) is 3.79. The number of carbonyl (C=O) groups is 3. The number of benzene rings is 1. The fraction of sp³-hybridized carbons (Fsp3) is 0.500. The second-order valence-electron chi connectivity index (χ2n) is 6.77. The van der Waals surface area contributed by atoms with Gasteiger partial charge in [-0.15, -0.1) is 0 Å². The van der Waals surface area contributed by atoms with Gasteiger partial charge in [-0.2, -0.15) is 0 Å². The van der Waals surface area contributed by atoms with E-state index in [1.807, 2.05) is 19.9 Å². The molecule has 0 heterocycles. The molecule has 0 aliphatic carbocycles. The van der Waals surface area contributed by atoms with Gasteiger partial charge in [0.05, 0.1) is 6.54 Å². The van der Waals surface area contributed by atoms with Gasteiger partial charge in [0.15, 0.2) is 5.60 Å². The van der Waals surface area contributed by atoms with Gasteiger partial charge in [0.2, 0.25) is 5.91 Å². The zero-order valence-electron chi connectivity index (χ0n) is 15.0. The predicted octanol–water partition coefficient (Wildman–Crippen LogP) is 1.09. The zero-order chi connectivity index (χ0) is 19.2. The lowest BCUT2D eigenvalue weighted by Gasteiger charge is -2.23. The highest BCUT2D eigenvalue weighted by molar-refractivity contribution is 5.98. The number of hydrogen-bond acceptors (Lipinski definition) is 4. The Morgan fingerprint density at radius 3 is 2.32 bits per heavy atom. The molecule has 7 nitrogen and oxygen atoms in total. The van der Waals surface area contributed by atoms with Crippen molar-refractivity contribution in [1.82, 2.24) is 10.6 Å². The molecule has 0 saturated carbocycles. The third-order valence-electron chi connectivity index (χ3n) is 3.79. The van der Waals surface area contributed by atoms with E-state index in [0.717, 1.165) is 12.5 Å². The first-order chi connectivity index (χ1) is 11.5. The number of aliphatic carboxylic acids is 1. The van der Waals surface area contributed by atoms with Gasteiger partial charge in [-0.1, -0.05) is 32.0 Å². The summed E-state index contributed by atoms with van der Waals surface area (Å²) >= 11 is 0. The molecule has 0 fully saturated rings. The highest BCUT2D eigenvalue weighted by Crippen LogP contribution is 2.10. The van der Waals surface area contributed by atoms with E-state index in [2.05, 4.69) is 10.6 Å². The highest BCUT2D eigenvalue weighted by Gasteiger charge is 2.32. The maximum atomic E-state index is 12.4. The Balaban J connectivity index is 2.83. The quantitative estimate of drug-likeness (QED) is 0.560. The Labute approximate surface area is 147 Å². The summed E-state index contributed by atoms with van der Waals surface area (Å²) in [5.74, 6) is -2.20. The van der Waals surface area contributed by atoms with Crippen molar-refractivity contribution in [2.75, 3.05) is 6.54 Å². The van der Waals surface area contributed by atoms with Crippen LogP contribution in [0.5, 0.6) is 0 Å². The average molecular weight is 350 g/mol. The van der Waals surface area contributed by atoms with E-state index in [4.69, 9.17) is 5.11 Å². The van der Waals surface area contributed by atoms with Gasteiger partial charge in [0, 0.05) is 5.56 Å². The number of carboxylic acid groups (broad SMARTS) is 1. The molecule has 0 radical (unpaired) electrons. The van der Waals surface area contributed by atoms with Crippen molar-refractivity contribution in [3.8, 4) is 0 Å². The van der Waals surface area contributed by atoms with E-state index in [1.54, 1.807) is 25.1 Å². The van der Waals surface area contributed by atoms with Crippen LogP contribution in [-0.4, -0.2) is 46.2 Å². The van der Waals surface area contributed by atoms with Gasteiger partial charge in [0.25, 0.3) is 5.91 Å². The maximum Gasteiger partial charge on any atom is 0.337 e. The predicted molar refractivity (Wildman–Crippen MR) is 93.2 cm³/mol. The molecule has 4 N–H and O–H groups in total. The lowest BCUT2D eigenvalue weighted by Crippen LogP contribution is -2.52. The maximum absolute atomic E-state index is 12.4. The van der Waals surface area contributed by atoms with Crippen LogP contribution in [0.15, 0.2) is 24.3 Å². The second kappa shape index (κ2) is 8.62. The molecule has 2 atom stereocenters. The molecule has 2 unspecified atom stereocenters. The molecule has 0 saturated heterocycles. The summed E-state index contributed by atoms with van der Waals surface area (Å²) in [4.78, 5) is 35.7. The van der Waals surface area contributed by atoms with Gasteiger partial charge >= 0.3 is 5.97 Å². The smallest absolute Gasteiger partial charge is 0.337 e. The van der Waals surface area contributed by atoms with Crippen molar-refractivity contribution in [3.05, 3.63) is 35.4 Å². The Morgan fingerprint density at radius 1 is 1.20 bits per heavy atom. The van der Waals surface area contributed by atoms with Gasteiger partial charge in [-0.3, -0.25) is 9.59 Å². The number of aliphatic hydroxyl groups is 1. The topological polar surface area (TPSA) is 116 Å². The number of aryl methyl sites for hydroxylation is 1. The van der Waals surface area contributed by atoms with E-state index in [0.29, 0.717) is 12.0 Å². The van der Waals surface area contributed by atoms with Crippen molar-refractivity contribution in [1.29, 1.82) is 0 Å². The molecule has 2 amide bonds. The van der Waals surface area contributed by atoms with Crippen LogP contribution in [-0.2, 0) is 9.59 Å². The monoisotopic (exact) mass is 350 g/mol. The Hall–Kier alpha value is -2.41. The highest BCUT2D eigenvalue weighted by atomic mass is 16.4. The molecule has 1 rings (SSSR count). The van der Waals surface area contributed by atoms with Crippen molar-refractivity contribution in [2.45, 2.75) is 45.8 Å². The summed E-state index contributed by atoms with van der Waals surface area (Å²) in [6, 6.07) is 6.21. The molecular formula is C18H26N2O5. The number of hydrogen-bond donors (Lipinski definition) is 4. The van der Waals surface area contributed by atoms with Crippen LogP contribution in [0.4, 0.5) is 0 Å². The fourth-order valence-electron chi connectivity index (χ4n) is 2.22. The Bertz CT molecular complexity index is 640. The Kier molecular flexibility index (Phi) is 7.11. The standard InChI is InChI=1S/C18H26N2O5/c1-11(2)9-14(16(22)19-10-18(4,25)17(23)24)20-15(21)13-8-6-5-7-12(13)3/h5-8,11,14,25H,9-10H2,1-4H3,(H,19,22)(H,20,21)(H,23,24). The first-order valence-electron chi connectivity index (χ1n) is 8.14. The van der Waals surface area contributed by atoms with Gasteiger partial charge in [-0.25, -0.2) is 4.79 Å². The summed E-state index contributed by atoms with van der Waals surface area (Å²) in [6.45, 7) is 6.27. The number of carbonyl (C=O) groups excluding carboxylic acids is 2. The summed E-state index contributed by atoms with van der Waals surface area (Å²) in [5.41, 5.74) is -0.808. The van der Waals surface area contributed by atoms with Crippen LogP contribution < -0.4 is 10.6 Å². The molecule has 0 aliphatic heterocycles. The first kappa shape index (κ1) is 20.6. The van der Waals surface area contributed by atoms with Gasteiger partial charge < -0.3 is 20.8 Å². The van der Waals surface area contributed by atoms with Crippen LogP contribution in [0.3, 0.4) is 0 Å². The van der Waals surface area contributed by atoms with Crippen molar-refractivity contribution in [2.24, 2.45) is 5.92 Å². The van der Waals surface area contributed by atoms with Crippen molar-refractivity contribution < 1.29 is 24.6 Å². The molecule has 0 bridgehead atoms. The molecule has 1 aromatic rings. The second-order valence-corrected chi connectivity index (χ2v) is 6.77. The lowest BCUT2D eigenvalue weighted by molar-refractivity contribution is -0.156. The number of nitrogens with one attached hydrogen (secondary N) is 2. The molecule has 25 heavy (non-hydrogen) atoms. The Morgan fingerprint density at radius 2 is 1.80 bits per heavy atom. The molecule has 138 valence electrons. The summed E-state index contributed by atoms with van der Waals surface area (Å²) in [6.07, 6.45) is 0.388. The largest absolute Gasteiger partial charge is 0.479 e. The van der Waals surface area contributed by atoms with E-state index in [1.165, 1.54) is 0 Å². The average Bonchev–Trinajstić information content (AvgIpc) is 2.51. The zero-order valence-corrected chi connectivity index (χ0v) is 15.0. The van der Waals surface area contributed by atoms with Crippen molar-refractivity contribution >= 4 is 17.8 Å². The number of amides is 2. The molecule has 0 spiro atoms. The molecule has 7 heteroatoms. The van der Waals surface area contributed by atoms with E-state index < -0.39 is 30.1 Å². The van der Waals surface area contributed by atoms with E-state index in [-0.39, 0.29) is 11.8 Å². The minimum Gasteiger partial charge on any atom is -0.479 e. The summed E-state index contributed by atoms with van der Waals surface area (Å²) in [7, 11) is 0. The third kappa shape index (κ3) is 6.19. The molecular weight excluding hydrogens is 324 g/mol. The normalized spacial score (nSPS) is 14.5. The van der Waals surface area contributed by atoms with Crippen LogP contribution in [0.2, 0.25) is 0 Å². The van der Waals surface area contributed by atoms with Crippen LogP contribution in [0.25, 0.3) is 0 Å². The van der Waals surface area contributed by atoms with E-state index >= 15 is 0 Å². The van der Waals surface area contributed by atoms with Crippen LogP contribution >= 0.6 is 0 Å². The minimum absolute atomic E-state index is 0.132.